The molecule has 6 rings (SSSR count). The van der Waals surface area contributed by atoms with Crippen molar-refractivity contribution in [3.8, 4) is 22.6 Å². The Bertz CT molecular complexity index is 1500. The number of hydrogen-bond donors (Lipinski definition) is 2. The van der Waals surface area contributed by atoms with Gasteiger partial charge in [-0.05, 0) is 39.7 Å². The van der Waals surface area contributed by atoms with Gasteiger partial charge in [0, 0.05) is 27.5 Å². The molecule has 5 nitrogen and oxygen atoms in total. The fraction of sp³-hybridized carbons (Fsp3) is 0.333. The van der Waals surface area contributed by atoms with Gasteiger partial charge in [-0.1, -0.05) is 83.1 Å². The summed E-state index contributed by atoms with van der Waals surface area (Å²) < 4.78 is 6.43. The SMILES string of the molecule is CC(C)(C)C12OOC1(c1ccc3ccc(O)c(-c4c(O)ccc5ccccc45)c3c1)OCC2(C)C. The highest BCUT2D eigenvalue weighted by molar-refractivity contribution is 6.09. The molecule has 2 heterocycles. The zero-order valence-corrected chi connectivity index (χ0v) is 20.7. The Morgan fingerprint density at radius 2 is 1.34 bits per heavy atom. The fourth-order valence-electron chi connectivity index (χ4n) is 6.54. The molecular formula is C30H30O5. The highest BCUT2D eigenvalue weighted by Gasteiger charge is 2.81. The first-order valence-corrected chi connectivity index (χ1v) is 12.0. The number of fused-ring (bicyclic) bond motifs is 3. The Hall–Kier alpha value is -3.12. The third-order valence-electron chi connectivity index (χ3n) is 7.93. The Kier molecular flexibility index (Phi) is 4.45. The third kappa shape index (κ3) is 2.69. The molecule has 2 saturated heterocycles. The molecule has 2 atom stereocenters. The van der Waals surface area contributed by atoms with E-state index >= 15 is 0 Å². The van der Waals surface area contributed by atoms with Crippen LogP contribution < -0.4 is 0 Å². The summed E-state index contributed by atoms with van der Waals surface area (Å²) in [6, 6.07) is 21.0. The lowest BCUT2D eigenvalue weighted by molar-refractivity contribution is -0.626. The van der Waals surface area contributed by atoms with E-state index in [1.807, 2.05) is 54.6 Å². The van der Waals surface area contributed by atoms with E-state index in [1.54, 1.807) is 12.1 Å². The van der Waals surface area contributed by atoms with Crippen LogP contribution in [0.2, 0.25) is 0 Å². The van der Waals surface area contributed by atoms with E-state index in [2.05, 4.69) is 34.6 Å². The topological polar surface area (TPSA) is 68.2 Å². The highest BCUT2D eigenvalue weighted by atomic mass is 17.3. The van der Waals surface area contributed by atoms with Gasteiger partial charge in [0.15, 0.2) is 5.60 Å². The maximum atomic E-state index is 11.1. The maximum Gasteiger partial charge on any atom is 0.261 e. The van der Waals surface area contributed by atoms with Gasteiger partial charge in [-0.3, -0.25) is 0 Å². The highest BCUT2D eigenvalue weighted by Crippen LogP contribution is 2.69. The largest absolute Gasteiger partial charge is 0.507 e. The third-order valence-corrected chi connectivity index (χ3v) is 7.93. The Morgan fingerprint density at radius 3 is 1.97 bits per heavy atom. The van der Waals surface area contributed by atoms with Crippen molar-refractivity contribution in [3.63, 3.8) is 0 Å². The van der Waals surface area contributed by atoms with Gasteiger partial charge in [0.05, 0.1) is 6.61 Å². The Labute approximate surface area is 204 Å². The molecular weight excluding hydrogens is 440 g/mol. The summed E-state index contributed by atoms with van der Waals surface area (Å²) in [6.45, 7) is 11.2. The monoisotopic (exact) mass is 470 g/mol. The average molecular weight is 471 g/mol. The summed E-state index contributed by atoms with van der Waals surface area (Å²) in [5.74, 6) is -0.869. The van der Waals surface area contributed by atoms with Crippen LogP contribution in [0.5, 0.6) is 11.5 Å². The van der Waals surface area contributed by atoms with Crippen LogP contribution in [0.3, 0.4) is 0 Å². The van der Waals surface area contributed by atoms with E-state index in [4.69, 9.17) is 14.5 Å². The van der Waals surface area contributed by atoms with Gasteiger partial charge in [0.1, 0.15) is 11.5 Å². The van der Waals surface area contributed by atoms with Crippen LogP contribution in [0.1, 0.15) is 40.2 Å². The molecule has 0 aliphatic carbocycles. The summed E-state index contributed by atoms with van der Waals surface area (Å²) in [6.07, 6.45) is 0. The molecule has 0 bridgehead atoms. The summed E-state index contributed by atoms with van der Waals surface area (Å²) in [5.41, 5.74) is 0.710. The van der Waals surface area contributed by atoms with Gasteiger partial charge in [-0.15, -0.1) is 0 Å². The lowest BCUT2D eigenvalue weighted by Crippen LogP contribution is -2.73. The number of ether oxygens (including phenoxy) is 1. The second-order valence-electron chi connectivity index (χ2n) is 11.5. The van der Waals surface area contributed by atoms with E-state index < -0.39 is 11.4 Å². The molecule has 4 aromatic carbocycles. The van der Waals surface area contributed by atoms with Crippen LogP contribution in [0.15, 0.2) is 66.7 Å². The quantitative estimate of drug-likeness (QED) is 0.308. The summed E-state index contributed by atoms with van der Waals surface area (Å²) in [7, 11) is 0. The first kappa shape index (κ1) is 22.4. The normalized spacial score (nSPS) is 25.5. The lowest BCUT2D eigenvalue weighted by Gasteiger charge is -2.61. The number of hydrogen-bond acceptors (Lipinski definition) is 5. The molecule has 2 N–H and O–H groups in total. The van der Waals surface area contributed by atoms with Crippen molar-refractivity contribution in [1.82, 2.24) is 0 Å². The lowest BCUT2D eigenvalue weighted by atomic mass is 9.57. The van der Waals surface area contributed by atoms with Crippen LogP contribution >= 0.6 is 0 Å². The van der Waals surface area contributed by atoms with Crippen molar-refractivity contribution in [3.05, 3.63) is 72.3 Å². The van der Waals surface area contributed by atoms with Gasteiger partial charge in [-0.2, -0.15) is 4.89 Å². The smallest absolute Gasteiger partial charge is 0.261 e. The molecule has 2 aliphatic heterocycles. The van der Waals surface area contributed by atoms with Gasteiger partial charge in [0.2, 0.25) is 0 Å². The molecule has 0 amide bonds. The van der Waals surface area contributed by atoms with Crippen molar-refractivity contribution >= 4 is 21.5 Å². The van der Waals surface area contributed by atoms with E-state index in [-0.39, 0.29) is 22.3 Å². The van der Waals surface area contributed by atoms with E-state index in [0.717, 1.165) is 27.1 Å². The predicted molar refractivity (Wildman–Crippen MR) is 136 cm³/mol. The van der Waals surface area contributed by atoms with Crippen LogP contribution in [0, 0.1) is 10.8 Å². The molecule has 2 unspecified atom stereocenters. The van der Waals surface area contributed by atoms with Crippen LogP contribution in [0.4, 0.5) is 0 Å². The summed E-state index contributed by atoms with van der Waals surface area (Å²) in [5, 5.41) is 25.6. The predicted octanol–water partition coefficient (Wildman–Crippen LogP) is 7.03. The van der Waals surface area contributed by atoms with Gasteiger partial charge in [0.25, 0.3) is 5.79 Å². The van der Waals surface area contributed by atoms with Crippen LogP contribution in [-0.4, -0.2) is 22.4 Å². The summed E-state index contributed by atoms with van der Waals surface area (Å²) in [4.78, 5) is 11.9. The van der Waals surface area contributed by atoms with E-state index in [1.165, 1.54) is 0 Å². The van der Waals surface area contributed by atoms with Gasteiger partial charge < -0.3 is 14.9 Å². The first-order valence-electron chi connectivity index (χ1n) is 12.0. The molecule has 180 valence electrons. The fourth-order valence-corrected chi connectivity index (χ4v) is 6.54. The molecule has 35 heavy (non-hydrogen) atoms. The maximum absolute atomic E-state index is 11.1. The standard InChI is InChI=1S/C30H30O5/c1-27(2,3)30-28(4,5)17-33-29(30,34-35-30)20-13-10-19-12-15-24(32)26(22(19)16-20)25-21-9-7-6-8-18(21)11-14-23(25)31/h6-16,31-32H,17H2,1-5H3. The minimum Gasteiger partial charge on any atom is -0.507 e. The van der Waals surface area contributed by atoms with Crippen molar-refractivity contribution in [2.24, 2.45) is 10.8 Å². The van der Waals surface area contributed by atoms with Crippen molar-refractivity contribution in [1.29, 1.82) is 0 Å². The van der Waals surface area contributed by atoms with E-state index in [0.29, 0.717) is 17.7 Å². The number of rotatable bonds is 2. The molecule has 0 saturated carbocycles. The number of phenols is 2. The molecule has 2 aliphatic rings. The van der Waals surface area contributed by atoms with Crippen LogP contribution in [-0.2, 0) is 20.3 Å². The Morgan fingerprint density at radius 1 is 0.743 bits per heavy atom. The first-order chi connectivity index (χ1) is 16.5. The number of phenolic OH excluding ortho intramolecular Hbond substituents is 2. The number of aromatic hydroxyl groups is 2. The van der Waals surface area contributed by atoms with E-state index in [9.17, 15) is 10.2 Å². The van der Waals surface area contributed by atoms with Crippen molar-refractivity contribution in [2.45, 2.75) is 46.0 Å². The second kappa shape index (κ2) is 6.97. The van der Waals surface area contributed by atoms with Crippen molar-refractivity contribution in [2.75, 3.05) is 6.61 Å². The average Bonchev–Trinajstić information content (AvgIpc) is 2.95. The minimum atomic E-state index is -1.08. The molecule has 4 aromatic rings. The molecule has 5 heteroatoms. The second-order valence-corrected chi connectivity index (χ2v) is 11.5. The zero-order chi connectivity index (χ0) is 24.8. The molecule has 2 fully saturated rings. The zero-order valence-electron chi connectivity index (χ0n) is 20.7. The molecule has 0 spiro atoms. The van der Waals surface area contributed by atoms with Gasteiger partial charge in [-0.25, -0.2) is 4.89 Å². The van der Waals surface area contributed by atoms with Gasteiger partial charge >= 0.3 is 0 Å². The molecule has 0 radical (unpaired) electrons. The van der Waals surface area contributed by atoms with Crippen LogP contribution in [0.25, 0.3) is 32.7 Å². The molecule has 0 aromatic heterocycles. The Balaban J connectivity index is 1.65. The number of benzene rings is 4. The summed E-state index contributed by atoms with van der Waals surface area (Å²) >= 11 is 0. The van der Waals surface area contributed by atoms with Crippen molar-refractivity contribution < 1.29 is 24.7 Å². The minimum absolute atomic E-state index is 0.0966.